The number of hydrogen-bond donors (Lipinski definition) is 0. The van der Waals surface area contributed by atoms with Crippen LogP contribution in [0.15, 0.2) is 53.2 Å². The fourth-order valence-electron chi connectivity index (χ4n) is 3.16. The second kappa shape index (κ2) is 11.2. The average Bonchev–Trinajstić information content (AvgIpc) is 3.15. The molecule has 31 heavy (non-hydrogen) atoms. The largest absolute Gasteiger partial charge is 0.494 e. The van der Waals surface area contributed by atoms with Crippen LogP contribution in [-0.2, 0) is 9.53 Å². The molecule has 0 saturated heterocycles. The zero-order valence-electron chi connectivity index (χ0n) is 18.3. The Morgan fingerprint density at radius 2 is 1.77 bits per heavy atom. The Hall–Kier alpha value is -3.28. The summed E-state index contributed by atoms with van der Waals surface area (Å²) in [6, 6.07) is 12.8. The van der Waals surface area contributed by atoms with Gasteiger partial charge in [-0.05, 0) is 61.4 Å². The first-order valence-electron chi connectivity index (χ1n) is 10.7. The molecule has 2 aromatic carbocycles. The summed E-state index contributed by atoms with van der Waals surface area (Å²) in [5.41, 5.74) is 1.72. The zero-order chi connectivity index (χ0) is 22.1. The highest BCUT2D eigenvalue weighted by Crippen LogP contribution is 2.30. The smallest absolute Gasteiger partial charge is 0.363 e. The standard InChI is InChI=1S/C25H29NO5/c1-4-6-7-8-15-30-22-14-9-18(17-23(22)28-3)16-21-25(27)31-24(26-21)19-10-12-20(13-11-19)29-5-2/h9-14,16-17H,4-8,15H2,1-3H3/b21-16-. The molecule has 0 saturated carbocycles. The summed E-state index contributed by atoms with van der Waals surface area (Å²) >= 11 is 0. The topological polar surface area (TPSA) is 66.3 Å². The first-order valence-corrected chi connectivity index (χ1v) is 10.7. The maximum atomic E-state index is 12.3. The third kappa shape index (κ3) is 6.10. The Morgan fingerprint density at radius 1 is 0.968 bits per heavy atom. The highest BCUT2D eigenvalue weighted by molar-refractivity contribution is 6.12. The number of carbonyl (C=O) groups is 1. The lowest BCUT2D eigenvalue weighted by Gasteiger charge is -2.11. The summed E-state index contributed by atoms with van der Waals surface area (Å²) in [5, 5.41) is 0. The first-order chi connectivity index (χ1) is 15.1. The van der Waals surface area contributed by atoms with Crippen LogP contribution in [0.5, 0.6) is 17.2 Å². The van der Waals surface area contributed by atoms with Crippen molar-refractivity contribution in [1.29, 1.82) is 0 Å². The van der Waals surface area contributed by atoms with E-state index >= 15 is 0 Å². The van der Waals surface area contributed by atoms with Gasteiger partial charge in [-0.3, -0.25) is 0 Å². The lowest BCUT2D eigenvalue weighted by molar-refractivity contribution is -0.129. The molecule has 1 aliphatic rings. The summed E-state index contributed by atoms with van der Waals surface area (Å²) in [6.45, 7) is 5.35. The van der Waals surface area contributed by atoms with Crippen LogP contribution in [0.2, 0.25) is 0 Å². The number of hydrogen-bond acceptors (Lipinski definition) is 6. The maximum Gasteiger partial charge on any atom is 0.363 e. The molecule has 0 unspecified atom stereocenters. The van der Waals surface area contributed by atoms with Crippen molar-refractivity contribution in [2.24, 2.45) is 4.99 Å². The first kappa shape index (κ1) is 22.4. The van der Waals surface area contributed by atoms with Crippen molar-refractivity contribution in [1.82, 2.24) is 0 Å². The van der Waals surface area contributed by atoms with Crippen molar-refractivity contribution in [3.8, 4) is 17.2 Å². The van der Waals surface area contributed by atoms with E-state index in [-0.39, 0.29) is 11.6 Å². The van der Waals surface area contributed by atoms with Gasteiger partial charge in [0.2, 0.25) is 5.90 Å². The van der Waals surface area contributed by atoms with Gasteiger partial charge in [0.25, 0.3) is 0 Å². The summed E-state index contributed by atoms with van der Waals surface area (Å²) in [7, 11) is 1.60. The number of cyclic esters (lactones) is 1. The fraction of sp³-hybridized carbons (Fsp3) is 0.360. The van der Waals surface area contributed by atoms with Crippen LogP contribution in [-0.4, -0.2) is 32.2 Å². The lowest BCUT2D eigenvalue weighted by atomic mass is 10.1. The fourth-order valence-corrected chi connectivity index (χ4v) is 3.16. The molecule has 0 aromatic heterocycles. The van der Waals surface area contributed by atoms with E-state index in [1.54, 1.807) is 13.2 Å². The number of esters is 1. The molecule has 2 aromatic rings. The van der Waals surface area contributed by atoms with Crippen molar-refractivity contribution in [3.63, 3.8) is 0 Å². The predicted octanol–water partition coefficient (Wildman–Crippen LogP) is 5.40. The van der Waals surface area contributed by atoms with E-state index in [1.807, 2.05) is 49.4 Å². The van der Waals surface area contributed by atoms with Gasteiger partial charge in [-0.1, -0.05) is 32.3 Å². The van der Waals surface area contributed by atoms with Gasteiger partial charge >= 0.3 is 5.97 Å². The van der Waals surface area contributed by atoms with E-state index in [0.29, 0.717) is 30.3 Å². The second-order valence-electron chi connectivity index (χ2n) is 7.11. The van der Waals surface area contributed by atoms with Crippen LogP contribution < -0.4 is 14.2 Å². The molecule has 0 radical (unpaired) electrons. The monoisotopic (exact) mass is 423 g/mol. The Kier molecular flexibility index (Phi) is 8.10. The van der Waals surface area contributed by atoms with Crippen LogP contribution in [0.1, 0.15) is 50.7 Å². The minimum atomic E-state index is -0.487. The van der Waals surface area contributed by atoms with Gasteiger partial charge < -0.3 is 18.9 Å². The molecule has 0 bridgehead atoms. The molecule has 0 amide bonds. The molecule has 0 aliphatic carbocycles. The molecular weight excluding hydrogens is 394 g/mol. The molecule has 6 heteroatoms. The highest BCUT2D eigenvalue weighted by atomic mass is 16.6. The number of ether oxygens (including phenoxy) is 4. The lowest BCUT2D eigenvalue weighted by Crippen LogP contribution is -2.05. The summed E-state index contributed by atoms with van der Waals surface area (Å²) in [5.74, 6) is 1.85. The number of methoxy groups -OCH3 is 1. The van der Waals surface area contributed by atoms with Gasteiger partial charge in [0.05, 0.1) is 20.3 Å². The van der Waals surface area contributed by atoms with Gasteiger partial charge in [-0.15, -0.1) is 0 Å². The van der Waals surface area contributed by atoms with Crippen LogP contribution >= 0.6 is 0 Å². The molecule has 1 aliphatic heterocycles. The SMILES string of the molecule is CCCCCCOc1ccc(/C=C2\N=C(c3ccc(OCC)cc3)OC2=O)cc1OC. The quantitative estimate of drug-likeness (QED) is 0.275. The number of rotatable bonds is 11. The van der Waals surface area contributed by atoms with Crippen LogP contribution in [0.3, 0.4) is 0 Å². The van der Waals surface area contributed by atoms with Gasteiger partial charge in [0.1, 0.15) is 5.75 Å². The van der Waals surface area contributed by atoms with Crippen molar-refractivity contribution in [3.05, 3.63) is 59.3 Å². The Bertz CT molecular complexity index is 947. The van der Waals surface area contributed by atoms with E-state index in [2.05, 4.69) is 11.9 Å². The number of nitrogens with zero attached hydrogens (tertiary/aromatic N) is 1. The van der Waals surface area contributed by atoms with Crippen molar-refractivity contribution >= 4 is 17.9 Å². The number of aliphatic imine (C=N–C) groups is 1. The minimum absolute atomic E-state index is 0.235. The summed E-state index contributed by atoms with van der Waals surface area (Å²) in [6.07, 6.45) is 6.25. The zero-order valence-corrected chi connectivity index (χ0v) is 18.3. The van der Waals surface area contributed by atoms with E-state index in [0.717, 1.165) is 24.2 Å². The van der Waals surface area contributed by atoms with Gasteiger partial charge in [0, 0.05) is 5.56 Å². The van der Waals surface area contributed by atoms with Gasteiger partial charge in [0.15, 0.2) is 17.2 Å². The van der Waals surface area contributed by atoms with Crippen LogP contribution in [0, 0.1) is 0 Å². The summed E-state index contributed by atoms with van der Waals surface area (Å²) < 4.78 is 22.1. The van der Waals surface area contributed by atoms with E-state index < -0.39 is 5.97 Å². The average molecular weight is 424 g/mol. The number of benzene rings is 2. The van der Waals surface area contributed by atoms with Gasteiger partial charge in [-0.2, -0.15) is 0 Å². The minimum Gasteiger partial charge on any atom is -0.494 e. The Morgan fingerprint density at radius 3 is 2.48 bits per heavy atom. The molecule has 1 heterocycles. The molecule has 0 fully saturated rings. The summed E-state index contributed by atoms with van der Waals surface area (Å²) in [4.78, 5) is 16.7. The maximum absolute atomic E-state index is 12.3. The Labute approximate surface area is 183 Å². The normalized spacial score (nSPS) is 14.4. The number of unbranched alkanes of at least 4 members (excludes halogenated alkanes) is 3. The van der Waals surface area contributed by atoms with E-state index in [1.165, 1.54) is 12.8 Å². The third-order valence-electron chi connectivity index (χ3n) is 4.78. The molecule has 0 N–H and O–H groups in total. The molecule has 164 valence electrons. The highest BCUT2D eigenvalue weighted by Gasteiger charge is 2.24. The van der Waals surface area contributed by atoms with Crippen molar-refractivity contribution < 1.29 is 23.7 Å². The van der Waals surface area contributed by atoms with Gasteiger partial charge in [-0.25, -0.2) is 9.79 Å². The predicted molar refractivity (Wildman–Crippen MR) is 121 cm³/mol. The van der Waals surface area contributed by atoms with Crippen LogP contribution in [0.25, 0.3) is 6.08 Å². The van der Waals surface area contributed by atoms with Crippen molar-refractivity contribution in [2.45, 2.75) is 39.5 Å². The molecule has 6 nitrogen and oxygen atoms in total. The van der Waals surface area contributed by atoms with Crippen molar-refractivity contribution in [2.75, 3.05) is 20.3 Å². The molecule has 0 atom stereocenters. The molecule has 0 spiro atoms. The third-order valence-corrected chi connectivity index (χ3v) is 4.78. The Balaban J connectivity index is 1.72. The molecular formula is C25H29NO5. The van der Waals surface area contributed by atoms with E-state index in [9.17, 15) is 4.79 Å². The van der Waals surface area contributed by atoms with Crippen LogP contribution in [0.4, 0.5) is 0 Å². The van der Waals surface area contributed by atoms with E-state index in [4.69, 9.17) is 18.9 Å². The second-order valence-corrected chi connectivity index (χ2v) is 7.11. The molecule has 3 rings (SSSR count). The number of carbonyl (C=O) groups excluding carboxylic acids is 1.